The average molecular weight is 350 g/mol. The third-order valence-electron chi connectivity index (χ3n) is 3.36. The number of benzene rings is 2. The summed E-state index contributed by atoms with van der Waals surface area (Å²) in [4.78, 5) is 15.1. The molecule has 0 aromatic heterocycles. The first-order valence-electron chi connectivity index (χ1n) is 6.82. The Morgan fingerprint density at radius 1 is 1.09 bits per heavy atom. The molecule has 0 fully saturated rings. The molecular formula is C16H18N2O3S2. The molecule has 2 N–H and O–H groups in total. The molecule has 0 radical (unpaired) electrons. The molecule has 7 heteroatoms. The van der Waals surface area contributed by atoms with Gasteiger partial charge < -0.3 is 4.90 Å². The minimum absolute atomic E-state index is 0.00985. The highest BCUT2D eigenvalue weighted by Crippen LogP contribution is 2.16. The largest absolute Gasteiger partial charge is 0.337 e. The van der Waals surface area contributed by atoms with Crippen molar-refractivity contribution in [3.05, 3.63) is 59.7 Å². The Balaban J connectivity index is 2.09. The van der Waals surface area contributed by atoms with E-state index in [2.05, 4.69) is 0 Å². The first-order valence-corrected chi connectivity index (χ1v) is 9.59. The van der Waals surface area contributed by atoms with Gasteiger partial charge in [-0.1, -0.05) is 12.1 Å². The van der Waals surface area contributed by atoms with Crippen molar-refractivity contribution in [2.45, 2.75) is 16.3 Å². The van der Waals surface area contributed by atoms with E-state index in [1.54, 1.807) is 23.7 Å². The molecule has 5 nitrogen and oxygen atoms in total. The topological polar surface area (TPSA) is 80.5 Å². The Morgan fingerprint density at radius 2 is 1.65 bits per heavy atom. The smallest absolute Gasteiger partial charge is 0.253 e. The standard InChI is InChI=1S/C16H18N2O3S2/c1-18(11-12-3-7-14(22-2)8-4-12)16(19)13-5-9-15(10-6-13)23(17,20)21/h3-10H,11H2,1-2H3,(H2,17,20,21). The number of hydrogen-bond donors (Lipinski definition) is 1. The van der Waals surface area contributed by atoms with Crippen molar-refractivity contribution in [2.24, 2.45) is 5.14 Å². The second-order valence-corrected chi connectivity index (χ2v) is 7.52. The van der Waals surface area contributed by atoms with Crippen LogP contribution in [0.15, 0.2) is 58.3 Å². The number of hydrogen-bond acceptors (Lipinski definition) is 4. The Labute approximate surface area is 140 Å². The van der Waals surface area contributed by atoms with Crippen LogP contribution >= 0.6 is 11.8 Å². The minimum atomic E-state index is -3.75. The molecule has 0 spiro atoms. The molecule has 0 saturated carbocycles. The van der Waals surface area contributed by atoms with Crippen molar-refractivity contribution in [2.75, 3.05) is 13.3 Å². The van der Waals surface area contributed by atoms with Gasteiger partial charge in [-0.2, -0.15) is 0 Å². The van der Waals surface area contributed by atoms with Gasteiger partial charge in [0.2, 0.25) is 10.0 Å². The van der Waals surface area contributed by atoms with E-state index >= 15 is 0 Å². The lowest BCUT2D eigenvalue weighted by atomic mass is 10.1. The molecule has 0 aliphatic carbocycles. The molecule has 2 aromatic rings. The molecule has 0 unspecified atom stereocenters. The summed E-state index contributed by atoms with van der Waals surface area (Å²) in [5.74, 6) is -0.181. The number of nitrogens with two attached hydrogens (primary N) is 1. The number of sulfonamides is 1. The van der Waals surface area contributed by atoms with Crippen LogP contribution in [0, 0.1) is 0 Å². The zero-order chi connectivity index (χ0) is 17.0. The molecule has 0 saturated heterocycles. The van der Waals surface area contributed by atoms with Crippen LogP contribution < -0.4 is 5.14 Å². The van der Waals surface area contributed by atoms with Crippen LogP contribution in [0.1, 0.15) is 15.9 Å². The maximum Gasteiger partial charge on any atom is 0.253 e. The van der Waals surface area contributed by atoms with Gasteiger partial charge in [0.1, 0.15) is 0 Å². The number of rotatable bonds is 5. The number of amides is 1. The Kier molecular flexibility index (Phi) is 5.46. The molecule has 0 atom stereocenters. The molecule has 0 aliphatic rings. The summed E-state index contributed by atoms with van der Waals surface area (Å²) in [6.07, 6.45) is 2.01. The second-order valence-electron chi connectivity index (χ2n) is 5.08. The lowest BCUT2D eigenvalue weighted by molar-refractivity contribution is 0.0785. The van der Waals surface area contributed by atoms with Gasteiger partial charge in [-0.3, -0.25) is 4.79 Å². The van der Waals surface area contributed by atoms with Gasteiger partial charge in [-0.25, -0.2) is 13.6 Å². The highest BCUT2D eigenvalue weighted by molar-refractivity contribution is 7.98. The number of carbonyl (C=O) groups excluding carboxylic acids is 1. The predicted molar refractivity (Wildman–Crippen MR) is 91.8 cm³/mol. The number of primary sulfonamides is 1. The van der Waals surface area contributed by atoms with E-state index in [9.17, 15) is 13.2 Å². The number of carbonyl (C=O) groups is 1. The normalized spacial score (nSPS) is 11.3. The molecular weight excluding hydrogens is 332 g/mol. The molecule has 0 bridgehead atoms. The van der Waals surface area contributed by atoms with Crippen molar-refractivity contribution in [1.29, 1.82) is 0 Å². The van der Waals surface area contributed by atoms with Crippen molar-refractivity contribution < 1.29 is 13.2 Å². The molecule has 0 aliphatic heterocycles. The van der Waals surface area contributed by atoms with Gasteiger partial charge in [0, 0.05) is 24.1 Å². The van der Waals surface area contributed by atoms with E-state index in [-0.39, 0.29) is 10.8 Å². The van der Waals surface area contributed by atoms with Gasteiger partial charge >= 0.3 is 0 Å². The molecule has 2 aromatic carbocycles. The summed E-state index contributed by atoms with van der Waals surface area (Å²) in [5.41, 5.74) is 1.44. The van der Waals surface area contributed by atoms with E-state index < -0.39 is 10.0 Å². The first kappa shape index (κ1) is 17.5. The maximum absolute atomic E-state index is 12.4. The molecule has 1 amide bonds. The van der Waals surface area contributed by atoms with Gasteiger partial charge in [0.15, 0.2) is 0 Å². The summed E-state index contributed by atoms with van der Waals surface area (Å²) in [7, 11) is -2.04. The first-order chi connectivity index (χ1) is 10.8. The summed E-state index contributed by atoms with van der Waals surface area (Å²) in [6.45, 7) is 0.477. The monoisotopic (exact) mass is 350 g/mol. The third-order valence-corrected chi connectivity index (χ3v) is 5.03. The summed E-state index contributed by atoms with van der Waals surface area (Å²) < 4.78 is 22.4. The van der Waals surface area contributed by atoms with Gasteiger partial charge in [0.05, 0.1) is 4.90 Å². The van der Waals surface area contributed by atoms with Crippen molar-refractivity contribution in [3.63, 3.8) is 0 Å². The van der Waals surface area contributed by atoms with E-state index in [0.29, 0.717) is 12.1 Å². The number of nitrogens with zero attached hydrogens (tertiary/aromatic N) is 1. The van der Waals surface area contributed by atoms with Crippen LogP contribution in [0.5, 0.6) is 0 Å². The number of thioether (sulfide) groups is 1. The molecule has 23 heavy (non-hydrogen) atoms. The lowest BCUT2D eigenvalue weighted by Crippen LogP contribution is -2.26. The van der Waals surface area contributed by atoms with E-state index in [0.717, 1.165) is 5.56 Å². The van der Waals surface area contributed by atoms with E-state index in [4.69, 9.17) is 5.14 Å². The van der Waals surface area contributed by atoms with Gasteiger partial charge in [-0.05, 0) is 48.2 Å². The minimum Gasteiger partial charge on any atom is -0.337 e. The van der Waals surface area contributed by atoms with Crippen molar-refractivity contribution >= 4 is 27.7 Å². The van der Waals surface area contributed by atoms with Crippen LogP contribution in [-0.2, 0) is 16.6 Å². The second kappa shape index (κ2) is 7.16. The van der Waals surface area contributed by atoms with Crippen LogP contribution in [0.4, 0.5) is 0 Å². The Bertz CT molecular complexity index is 785. The molecule has 122 valence electrons. The fourth-order valence-electron chi connectivity index (χ4n) is 2.08. The van der Waals surface area contributed by atoms with Crippen LogP contribution in [0.25, 0.3) is 0 Å². The van der Waals surface area contributed by atoms with Gasteiger partial charge in [0.25, 0.3) is 5.91 Å². The Hall–Kier alpha value is -1.83. The van der Waals surface area contributed by atoms with Crippen LogP contribution in [0.2, 0.25) is 0 Å². The maximum atomic E-state index is 12.4. The highest BCUT2D eigenvalue weighted by Gasteiger charge is 2.14. The van der Waals surface area contributed by atoms with Crippen molar-refractivity contribution in [1.82, 2.24) is 4.90 Å². The SMILES string of the molecule is CSc1ccc(CN(C)C(=O)c2ccc(S(N)(=O)=O)cc2)cc1. The van der Waals surface area contributed by atoms with Crippen LogP contribution in [-0.4, -0.2) is 32.5 Å². The summed E-state index contributed by atoms with van der Waals surface area (Å²) >= 11 is 1.66. The van der Waals surface area contributed by atoms with E-state index in [1.807, 2.05) is 30.5 Å². The zero-order valence-corrected chi connectivity index (χ0v) is 14.5. The molecule has 0 heterocycles. The molecule has 2 rings (SSSR count). The Morgan fingerprint density at radius 3 is 2.13 bits per heavy atom. The quantitative estimate of drug-likeness (QED) is 0.839. The summed E-state index contributed by atoms with van der Waals surface area (Å²) in [6, 6.07) is 13.6. The fraction of sp³-hybridized carbons (Fsp3) is 0.188. The van der Waals surface area contributed by atoms with Crippen LogP contribution in [0.3, 0.4) is 0 Å². The average Bonchev–Trinajstić information content (AvgIpc) is 2.54. The van der Waals surface area contributed by atoms with E-state index in [1.165, 1.54) is 29.2 Å². The fourth-order valence-corrected chi connectivity index (χ4v) is 3.01. The summed E-state index contributed by atoms with van der Waals surface area (Å²) in [5, 5.41) is 5.04. The zero-order valence-electron chi connectivity index (χ0n) is 12.9. The lowest BCUT2D eigenvalue weighted by Gasteiger charge is -2.17. The highest BCUT2D eigenvalue weighted by atomic mass is 32.2. The van der Waals surface area contributed by atoms with Gasteiger partial charge in [-0.15, -0.1) is 11.8 Å². The van der Waals surface area contributed by atoms with Crippen molar-refractivity contribution in [3.8, 4) is 0 Å². The predicted octanol–water partition coefficient (Wildman–Crippen LogP) is 2.33. The third kappa shape index (κ3) is 4.57.